The van der Waals surface area contributed by atoms with Crippen molar-refractivity contribution in [1.29, 1.82) is 0 Å². The van der Waals surface area contributed by atoms with Crippen LogP contribution in [0, 0.1) is 5.82 Å². The molecule has 4 heteroatoms. The summed E-state index contributed by atoms with van der Waals surface area (Å²) in [6.45, 7) is 0.597. The average molecular weight is 199 g/mol. The number of methoxy groups -OCH3 is 1. The molecular formula is C10H14FNO2. The Balaban J connectivity index is 2.47. The number of aliphatic hydroxyl groups excluding tert-OH is 1. The standard InChI is InChI=1S/C10H14FNO2/c1-14-4-2-3-10(13)8-5-9(11)7-12-6-8/h5-7,10,13H,2-4H2,1H3. The van der Waals surface area contributed by atoms with Gasteiger partial charge in [-0.05, 0) is 18.9 Å². The van der Waals surface area contributed by atoms with Crippen molar-refractivity contribution in [2.45, 2.75) is 18.9 Å². The first kappa shape index (κ1) is 11.1. The highest BCUT2D eigenvalue weighted by atomic mass is 19.1. The summed E-state index contributed by atoms with van der Waals surface area (Å²) in [5, 5.41) is 9.61. The monoisotopic (exact) mass is 199 g/mol. The maximum Gasteiger partial charge on any atom is 0.141 e. The lowest BCUT2D eigenvalue weighted by Gasteiger charge is -2.09. The van der Waals surface area contributed by atoms with Crippen molar-refractivity contribution >= 4 is 0 Å². The van der Waals surface area contributed by atoms with E-state index in [9.17, 15) is 9.50 Å². The molecule has 0 aliphatic carbocycles. The zero-order chi connectivity index (χ0) is 10.4. The summed E-state index contributed by atoms with van der Waals surface area (Å²) in [6.07, 6.45) is 3.23. The second-order valence-electron chi connectivity index (χ2n) is 3.09. The van der Waals surface area contributed by atoms with Gasteiger partial charge in [-0.15, -0.1) is 0 Å². The van der Waals surface area contributed by atoms with Crippen LogP contribution in [0.1, 0.15) is 24.5 Å². The van der Waals surface area contributed by atoms with Crippen molar-refractivity contribution in [3.05, 3.63) is 29.8 Å². The van der Waals surface area contributed by atoms with Crippen molar-refractivity contribution in [1.82, 2.24) is 4.98 Å². The minimum Gasteiger partial charge on any atom is -0.388 e. The van der Waals surface area contributed by atoms with Crippen LogP contribution in [0.3, 0.4) is 0 Å². The molecule has 3 nitrogen and oxygen atoms in total. The fourth-order valence-electron chi connectivity index (χ4n) is 1.20. The van der Waals surface area contributed by atoms with Crippen LogP contribution in [0.5, 0.6) is 0 Å². The maximum atomic E-state index is 12.7. The molecule has 1 rings (SSSR count). The smallest absolute Gasteiger partial charge is 0.141 e. The molecule has 1 N–H and O–H groups in total. The number of halogens is 1. The number of pyridine rings is 1. The van der Waals surface area contributed by atoms with Gasteiger partial charge < -0.3 is 9.84 Å². The molecule has 0 radical (unpaired) electrons. The SMILES string of the molecule is COCCCC(O)c1cncc(F)c1. The molecule has 0 saturated heterocycles. The van der Waals surface area contributed by atoms with Crippen LogP contribution in [0.4, 0.5) is 4.39 Å². The predicted molar refractivity (Wildman–Crippen MR) is 50.3 cm³/mol. The van der Waals surface area contributed by atoms with E-state index in [0.717, 1.165) is 12.6 Å². The predicted octanol–water partition coefficient (Wildman–Crippen LogP) is 1.68. The third-order valence-corrected chi connectivity index (χ3v) is 1.94. The summed E-state index contributed by atoms with van der Waals surface area (Å²) >= 11 is 0. The van der Waals surface area contributed by atoms with Gasteiger partial charge in [-0.25, -0.2) is 4.39 Å². The topological polar surface area (TPSA) is 42.4 Å². The van der Waals surface area contributed by atoms with E-state index >= 15 is 0 Å². The van der Waals surface area contributed by atoms with Gasteiger partial charge in [0.05, 0.1) is 12.3 Å². The van der Waals surface area contributed by atoms with E-state index in [1.807, 2.05) is 0 Å². The minimum absolute atomic E-state index is 0.423. The Morgan fingerprint density at radius 2 is 2.36 bits per heavy atom. The lowest BCUT2D eigenvalue weighted by molar-refractivity contribution is 0.135. The first-order valence-corrected chi connectivity index (χ1v) is 4.51. The molecule has 78 valence electrons. The van der Waals surface area contributed by atoms with Gasteiger partial charge in [0.1, 0.15) is 5.82 Å². The Morgan fingerprint density at radius 3 is 3.00 bits per heavy atom. The molecule has 1 aromatic heterocycles. The molecule has 0 aliphatic heterocycles. The van der Waals surface area contributed by atoms with Gasteiger partial charge in [0.25, 0.3) is 0 Å². The number of hydrogen-bond acceptors (Lipinski definition) is 3. The van der Waals surface area contributed by atoms with Crippen molar-refractivity contribution in [3.63, 3.8) is 0 Å². The van der Waals surface area contributed by atoms with Gasteiger partial charge in [-0.1, -0.05) is 0 Å². The largest absolute Gasteiger partial charge is 0.388 e. The van der Waals surface area contributed by atoms with Crippen molar-refractivity contribution in [2.75, 3.05) is 13.7 Å². The van der Waals surface area contributed by atoms with Gasteiger partial charge >= 0.3 is 0 Å². The minimum atomic E-state index is -0.659. The van der Waals surface area contributed by atoms with Crippen LogP contribution in [0.2, 0.25) is 0 Å². The Morgan fingerprint density at radius 1 is 1.57 bits per heavy atom. The van der Waals surface area contributed by atoms with E-state index < -0.39 is 11.9 Å². The molecule has 0 amide bonds. The summed E-state index contributed by atoms with van der Waals surface area (Å²) in [5.41, 5.74) is 0.515. The molecule has 1 aromatic rings. The first-order chi connectivity index (χ1) is 6.74. The van der Waals surface area contributed by atoms with Crippen LogP contribution in [0.15, 0.2) is 18.5 Å². The molecule has 0 bridgehead atoms. The lowest BCUT2D eigenvalue weighted by Crippen LogP contribution is -2.01. The Hall–Kier alpha value is -1.00. The second-order valence-corrected chi connectivity index (χ2v) is 3.09. The van der Waals surface area contributed by atoms with Crippen molar-refractivity contribution < 1.29 is 14.2 Å². The molecule has 0 saturated carbocycles. The number of ether oxygens (including phenoxy) is 1. The fourth-order valence-corrected chi connectivity index (χ4v) is 1.20. The van der Waals surface area contributed by atoms with E-state index in [2.05, 4.69) is 4.98 Å². The van der Waals surface area contributed by atoms with E-state index in [-0.39, 0.29) is 0 Å². The summed E-state index contributed by atoms with van der Waals surface area (Å²) in [6, 6.07) is 1.30. The highest BCUT2D eigenvalue weighted by molar-refractivity contribution is 5.12. The first-order valence-electron chi connectivity index (χ1n) is 4.51. The van der Waals surface area contributed by atoms with Crippen molar-refractivity contribution in [2.24, 2.45) is 0 Å². The maximum absolute atomic E-state index is 12.7. The Kier molecular flexibility index (Phi) is 4.49. The quantitative estimate of drug-likeness (QED) is 0.733. The van der Waals surface area contributed by atoms with Gasteiger partial charge in [0.15, 0.2) is 0 Å². The van der Waals surface area contributed by atoms with E-state index in [0.29, 0.717) is 18.6 Å². The zero-order valence-corrected chi connectivity index (χ0v) is 8.11. The normalized spacial score (nSPS) is 12.8. The Labute approximate surface area is 82.5 Å². The summed E-state index contributed by atoms with van der Waals surface area (Å²) in [7, 11) is 1.61. The van der Waals surface area contributed by atoms with Crippen LogP contribution in [0.25, 0.3) is 0 Å². The number of nitrogens with zero attached hydrogens (tertiary/aromatic N) is 1. The number of rotatable bonds is 5. The average Bonchev–Trinajstić information content (AvgIpc) is 2.18. The molecular weight excluding hydrogens is 185 g/mol. The van der Waals surface area contributed by atoms with Crippen LogP contribution in [-0.2, 0) is 4.74 Å². The lowest BCUT2D eigenvalue weighted by atomic mass is 10.1. The highest BCUT2D eigenvalue weighted by Crippen LogP contribution is 2.17. The molecule has 0 fully saturated rings. The number of hydrogen-bond donors (Lipinski definition) is 1. The fraction of sp³-hybridized carbons (Fsp3) is 0.500. The van der Waals surface area contributed by atoms with Crippen LogP contribution < -0.4 is 0 Å². The molecule has 1 unspecified atom stereocenters. The molecule has 0 aliphatic rings. The van der Waals surface area contributed by atoms with Crippen LogP contribution >= 0.6 is 0 Å². The Bertz CT molecular complexity index is 281. The molecule has 0 aromatic carbocycles. The molecule has 0 spiro atoms. The van der Waals surface area contributed by atoms with Crippen molar-refractivity contribution in [3.8, 4) is 0 Å². The van der Waals surface area contributed by atoms with Gasteiger partial charge in [-0.3, -0.25) is 4.98 Å². The number of aliphatic hydroxyl groups is 1. The number of aromatic nitrogens is 1. The molecule has 1 heterocycles. The van der Waals surface area contributed by atoms with E-state index in [1.54, 1.807) is 7.11 Å². The van der Waals surface area contributed by atoms with Gasteiger partial charge in [0, 0.05) is 25.5 Å². The molecule has 14 heavy (non-hydrogen) atoms. The second kappa shape index (κ2) is 5.67. The van der Waals surface area contributed by atoms with Gasteiger partial charge in [-0.2, -0.15) is 0 Å². The summed E-state index contributed by atoms with van der Waals surface area (Å²) in [5.74, 6) is -0.423. The summed E-state index contributed by atoms with van der Waals surface area (Å²) < 4.78 is 17.6. The van der Waals surface area contributed by atoms with E-state index in [1.165, 1.54) is 12.3 Å². The van der Waals surface area contributed by atoms with Gasteiger partial charge in [0.2, 0.25) is 0 Å². The third kappa shape index (κ3) is 3.40. The highest BCUT2D eigenvalue weighted by Gasteiger charge is 2.08. The van der Waals surface area contributed by atoms with E-state index in [4.69, 9.17) is 4.74 Å². The third-order valence-electron chi connectivity index (χ3n) is 1.94. The zero-order valence-electron chi connectivity index (χ0n) is 8.11. The summed E-state index contributed by atoms with van der Waals surface area (Å²) in [4.78, 5) is 3.67. The van der Waals surface area contributed by atoms with Crippen LogP contribution in [-0.4, -0.2) is 23.8 Å². The molecule has 1 atom stereocenters.